The van der Waals surface area contributed by atoms with Gasteiger partial charge in [0.1, 0.15) is 4.90 Å². The van der Waals surface area contributed by atoms with Gasteiger partial charge >= 0.3 is 0 Å². The van der Waals surface area contributed by atoms with Crippen LogP contribution in [0.2, 0.25) is 0 Å². The average Bonchev–Trinajstić information content (AvgIpc) is 3.21. The Labute approximate surface area is 126 Å². The van der Waals surface area contributed by atoms with E-state index in [2.05, 4.69) is 9.62 Å². The predicted molar refractivity (Wildman–Crippen MR) is 80.4 cm³/mol. The first kappa shape index (κ1) is 16.4. The third-order valence-corrected chi connectivity index (χ3v) is 6.27. The van der Waals surface area contributed by atoms with Crippen molar-refractivity contribution in [3.8, 4) is 0 Å². The molecule has 0 spiro atoms. The fourth-order valence-corrected chi connectivity index (χ4v) is 4.76. The maximum Gasteiger partial charge on any atom is 0.241 e. The summed E-state index contributed by atoms with van der Waals surface area (Å²) in [5, 5.41) is 0. The van der Waals surface area contributed by atoms with Crippen LogP contribution in [0.3, 0.4) is 0 Å². The van der Waals surface area contributed by atoms with Gasteiger partial charge in [-0.2, -0.15) is 0 Å². The third-order valence-electron chi connectivity index (χ3n) is 3.46. The van der Waals surface area contributed by atoms with Crippen molar-refractivity contribution >= 4 is 19.9 Å². The first-order chi connectivity index (χ1) is 9.72. The number of hydrogen-bond acceptors (Lipinski definition) is 5. The van der Waals surface area contributed by atoms with Crippen LogP contribution < -0.4 is 4.72 Å². The quantitative estimate of drug-likeness (QED) is 0.784. The smallest absolute Gasteiger partial charge is 0.241 e. The van der Waals surface area contributed by atoms with Crippen LogP contribution in [0.1, 0.15) is 12.8 Å². The SMILES string of the molecule is CN(CCNS(=O)(=O)c1ccccc1S(C)(=O)=O)C1CC1. The van der Waals surface area contributed by atoms with Crippen LogP contribution >= 0.6 is 0 Å². The van der Waals surface area contributed by atoms with Crippen LogP contribution in [-0.4, -0.2) is 54.2 Å². The fourth-order valence-electron chi connectivity index (χ4n) is 2.11. The standard InChI is InChI=1S/C13H20N2O4S2/c1-15(11-7-8-11)10-9-14-21(18,19)13-6-4-3-5-12(13)20(2,16)17/h3-6,11,14H,7-10H2,1-2H3. The van der Waals surface area contributed by atoms with Crippen molar-refractivity contribution in [3.63, 3.8) is 0 Å². The van der Waals surface area contributed by atoms with Gasteiger partial charge in [-0.15, -0.1) is 0 Å². The number of rotatable bonds is 7. The molecule has 1 saturated carbocycles. The molecule has 0 amide bonds. The van der Waals surface area contributed by atoms with Gasteiger partial charge in [0.05, 0.1) is 4.90 Å². The zero-order chi connectivity index (χ0) is 15.7. The molecule has 0 aromatic heterocycles. The Kier molecular flexibility index (Phi) is 4.72. The highest BCUT2D eigenvalue weighted by atomic mass is 32.2. The molecule has 0 radical (unpaired) electrons. The summed E-state index contributed by atoms with van der Waals surface area (Å²) >= 11 is 0. The summed E-state index contributed by atoms with van der Waals surface area (Å²) in [5.74, 6) is 0. The molecule has 0 heterocycles. The number of hydrogen-bond donors (Lipinski definition) is 1. The Balaban J connectivity index is 2.12. The minimum Gasteiger partial charge on any atom is -0.302 e. The second kappa shape index (κ2) is 6.04. The second-order valence-corrected chi connectivity index (χ2v) is 9.05. The van der Waals surface area contributed by atoms with Crippen molar-refractivity contribution < 1.29 is 16.8 Å². The molecule has 21 heavy (non-hydrogen) atoms. The predicted octanol–water partition coefficient (Wildman–Crippen LogP) is 0.463. The Morgan fingerprint density at radius 3 is 2.24 bits per heavy atom. The normalized spacial score (nSPS) is 16.3. The van der Waals surface area contributed by atoms with E-state index >= 15 is 0 Å². The van der Waals surface area contributed by atoms with E-state index in [4.69, 9.17) is 0 Å². The Morgan fingerprint density at radius 2 is 1.71 bits per heavy atom. The van der Waals surface area contributed by atoms with Crippen molar-refractivity contribution in [1.29, 1.82) is 0 Å². The van der Waals surface area contributed by atoms with E-state index in [1.165, 1.54) is 24.3 Å². The van der Waals surface area contributed by atoms with Crippen LogP contribution in [0.15, 0.2) is 34.1 Å². The van der Waals surface area contributed by atoms with Gasteiger partial charge in [-0.05, 0) is 32.0 Å². The highest BCUT2D eigenvalue weighted by Gasteiger charge is 2.27. The molecule has 0 saturated heterocycles. The van der Waals surface area contributed by atoms with E-state index < -0.39 is 19.9 Å². The number of nitrogens with zero attached hydrogens (tertiary/aromatic N) is 1. The van der Waals surface area contributed by atoms with Gasteiger partial charge in [-0.3, -0.25) is 0 Å². The maximum atomic E-state index is 12.3. The lowest BCUT2D eigenvalue weighted by molar-refractivity contribution is 0.329. The van der Waals surface area contributed by atoms with Crippen molar-refractivity contribution in [2.24, 2.45) is 0 Å². The van der Waals surface area contributed by atoms with Crippen LogP contribution in [0.25, 0.3) is 0 Å². The molecule has 1 aliphatic carbocycles. The summed E-state index contributed by atoms with van der Waals surface area (Å²) in [6.07, 6.45) is 3.31. The molecular weight excluding hydrogens is 312 g/mol. The van der Waals surface area contributed by atoms with Crippen molar-refractivity contribution in [1.82, 2.24) is 9.62 Å². The van der Waals surface area contributed by atoms with Gasteiger partial charge in [0.15, 0.2) is 9.84 Å². The van der Waals surface area contributed by atoms with E-state index in [-0.39, 0.29) is 16.3 Å². The van der Waals surface area contributed by atoms with Crippen molar-refractivity contribution in [2.75, 3.05) is 26.4 Å². The zero-order valence-electron chi connectivity index (χ0n) is 12.1. The topological polar surface area (TPSA) is 83.6 Å². The van der Waals surface area contributed by atoms with Gasteiger partial charge < -0.3 is 4.90 Å². The Bertz CT molecular complexity index is 709. The molecule has 0 unspecified atom stereocenters. The number of likely N-dealkylation sites (N-methyl/N-ethyl adjacent to an activating group) is 1. The Morgan fingerprint density at radius 1 is 1.14 bits per heavy atom. The summed E-state index contributed by atoms with van der Waals surface area (Å²) in [4.78, 5) is 1.74. The molecule has 2 rings (SSSR count). The lowest BCUT2D eigenvalue weighted by atomic mass is 10.4. The van der Waals surface area contributed by atoms with E-state index in [9.17, 15) is 16.8 Å². The lowest BCUT2D eigenvalue weighted by Crippen LogP contribution is -2.34. The van der Waals surface area contributed by atoms with Crippen molar-refractivity contribution in [2.45, 2.75) is 28.7 Å². The highest BCUT2D eigenvalue weighted by Crippen LogP contribution is 2.25. The molecule has 1 N–H and O–H groups in total. The van der Waals surface area contributed by atoms with Gasteiger partial charge in [-0.1, -0.05) is 12.1 Å². The molecule has 0 aliphatic heterocycles. The third kappa shape index (κ3) is 4.26. The number of sulfonamides is 1. The summed E-state index contributed by atoms with van der Waals surface area (Å²) in [5.41, 5.74) is 0. The molecule has 8 heteroatoms. The second-order valence-electron chi connectivity index (χ2n) is 5.33. The molecule has 6 nitrogen and oxygen atoms in total. The molecule has 118 valence electrons. The van der Waals surface area contributed by atoms with Gasteiger partial charge in [-0.25, -0.2) is 21.6 Å². The zero-order valence-corrected chi connectivity index (χ0v) is 13.7. The Hall–Kier alpha value is -0.960. The number of sulfone groups is 1. The van der Waals surface area contributed by atoms with Gasteiger partial charge in [0, 0.05) is 25.4 Å². The molecule has 0 atom stereocenters. The minimum absolute atomic E-state index is 0.173. The van der Waals surface area contributed by atoms with Crippen LogP contribution in [-0.2, 0) is 19.9 Å². The van der Waals surface area contributed by atoms with Gasteiger partial charge in [0.2, 0.25) is 10.0 Å². The maximum absolute atomic E-state index is 12.3. The molecule has 1 aromatic rings. The van der Waals surface area contributed by atoms with E-state index in [0.29, 0.717) is 12.6 Å². The van der Waals surface area contributed by atoms with Crippen molar-refractivity contribution in [3.05, 3.63) is 24.3 Å². The molecule has 1 aliphatic rings. The largest absolute Gasteiger partial charge is 0.302 e. The lowest BCUT2D eigenvalue weighted by Gasteiger charge is -2.16. The van der Waals surface area contributed by atoms with E-state index in [1.807, 2.05) is 7.05 Å². The molecular formula is C13H20N2O4S2. The van der Waals surface area contributed by atoms with Crippen LogP contribution in [0, 0.1) is 0 Å². The summed E-state index contributed by atoms with van der Waals surface area (Å²) in [7, 11) is -5.47. The highest BCUT2D eigenvalue weighted by molar-refractivity contribution is 7.93. The first-order valence-electron chi connectivity index (χ1n) is 6.71. The minimum atomic E-state index is -3.83. The molecule has 0 bridgehead atoms. The first-order valence-corrected chi connectivity index (χ1v) is 10.1. The summed E-state index contributed by atoms with van der Waals surface area (Å²) < 4.78 is 50.4. The van der Waals surface area contributed by atoms with E-state index in [0.717, 1.165) is 19.1 Å². The van der Waals surface area contributed by atoms with Crippen LogP contribution in [0.4, 0.5) is 0 Å². The molecule has 1 aromatic carbocycles. The van der Waals surface area contributed by atoms with Gasteiger partial charge in [0.25, 0.3) is 0 Å². The van der Waals surface area contributed by atoms with Crippen LogP contribution in [0.5, 0.6) is 0 Å². The molecule has 1 fully saturated rings. The number of benzene rings is 1. The monoisotopic (exact) mass is 332 g/mol. The number of nitrogens with one attached hydrogen (secondary N) is 1. The summed E-state index contributed by atoms with van der Waals surface area (Å²) in [6.45, 7) is 0.859. The summed E-state index contributed by atoms with van der Waals surface area (Å²) in [6, 6.07) is 6.19. The average molecular weight is 332 g/mol. The fraction of sp³-hybridized carbons (Fsp3) is 0.538. The van der Waals surface area contributed by atoms with E-state index in [1.54, 1.807) is 0 Å².